The number of aromatic amines is 1. The van der Waals surface area contributed by atoms with Gasteiger partial charge >= 0.3 is 5.97 Å². The average molecular weight is 344 g/mol. The van der Waals surface area contributed by atoms with Crippen LogP contribution >= 0.6 is 0 Å². The summed E-state index contributed by atoms with van der Waals surface area (Å²) in [5.74, 6) is -2.27. The second-order valence-corrected chi connectivity index (χ2v) is 6.09. The number of ketones is 1. The van der Waals surface area contributed by atoms with Crippen LogP contribution in [0.5, 0.6) is 0 Å². The number of amides is 1. The molecule has 0 unspecified atom stereocenters. The van der Waals surface area contributed by atoms with Crippen molar-refractivity contribution in [3.63, 3.8) is 0 Å². The van der Waals surface area contributed by atoms with Crippen molar-refractivity contribution in [1.82, 2.24) is 4.98 Å². The maximum Gasteiger partial charge on any atom is 0.307 e. The molecule has 0 radical (unpaired) electrons. The highest BCUT2D eigenvalue weighted by atomic mass is 19.1. The molecule has 130 valence electrons. The van der Waals surface area contributed by atoms with Crippen molar-refractivity contribution in [2.24, 2.45) is 0 Å². The first kappa shape index (κ1) is 16.9. The second kappa shape index (κ2) is 6.51. The fourth-order valence-electron chi connectivity index (χ4n) is 3.13. The number of aromatic nitrogens is 1. The number of hydrogen-bond donors (Lipinski definition) is 3. The Labute approximate surface area is 143 Å². The quantitative estimate of drug-likeness (QED) is 0.794. The van der Waals surface area contributed by atoms with E-state index in [2.05, 4.69) is 10.3 Å². The molecule has 0 atom stereocenters. The van der Waals surface area contributed by atoms with Gasteiger partial charge in [-0.1, -0.05) is 6.07 Å². The highest BCUT2D eigenvalue weighted by molar-refractivity contribution is 6.08. The minimum absolute atomic E-state index is 0.0260. The first-order valence-corrected chi connectivity index (χ1v) is 7.93. The van der Waals surface area contributed by atoms with E-state index in [1.165, 1.54) is 12.1 Å². The Morgan fingerprint density at radius 2 is 2.08 bits per heavy atom. The minimum atomic E-state index is -1.13. The highest BCUT2D eigenvalue weighted by Gasteiger charge is 2.26. The molecule has 7 heteroatoms. The van der Waals surface area contributed by atoms with Crippen LogP contribution in [-0.2, 0) is 17.6 Å². The van der Waals surface area contributed by atoms with Crippen LogP contribution in [0.15, 0.2) is 18.2 Å². The summed E-state index contributed by atoms with van der Waals surface area (Å²) in [6, 6.07) is 3.86. The molecule has 1 aliphatic rings. The van der Waals surface area contributed by atoms with Crippen LogP contribution in [0.2, 0.25) is 0 Å². The average Bonchev–Trinajstić information content (AvgIpc) is 2.88. The molecule has 0 spiro atoms. The van der Waals surface area contributed by atoms with Gasteiger partial charge in [-0.15, -0.1) is 0 Å². The fourth-order valence-corrected chi connectivity index (χ4v) is 3.13. The molecule has 2 aromatic rings. The van der Waals surface area contributed by atoms with E-state index in [0.29, 0.717) is 24.0 Å². The molecule has 6 nitrogen and oxygen atoms in total. The van der Waals surface area contributed by atoms with Crippen LogP contribution in [0, 0.1) is 12.7 Å². The number of benzene rings is 1. The Hall–Kier alpha value is -2.96. The van der Waals surface area contributed by atoms with Crippen LogP contribution in [0.3, 0.4) is 0 Å². The largest absolute Gasteiger partial charge is 0.481 e. The molecule has 3 N–H and O–H groups in total. The van der Waals surface area contributed by atoms with Gasteiger partial charge in [0.1, 0.15) is 11.5 Å². The molecule has 1 heterocycles. The van der Waals surface area contributed by atoms with E-state index in [4.69, 9.17) is 5.11 Å². The molecule has 1 amide bonds. The van der Waals surface area contributed by atoms with E-state index in [0.717, 1.165) is 18.2 Å². The van der Waals surface area contributed by atoms with Crippen LogP contribution in [-0.4, -0.2) is 27.8 Å². The fraction of sp³-hybridized carbons (Fsp3) is 0.278. The summed E-state index contributed by atoms with van der Waals surface area (Å²) in [6.07, 6.45) is 1.52. The number of rotatable bonds is 4. The maximum absolute atomic E-state index is 13.9. The van der Waals surface area contributed by atoms with Crippen molar-refractivity contribution in [2.75, 3.05) is 5.32 Å². The Morgan fingerprint density at radius 1 is 1.32 bits per heavy atom. The molecule has 3 rings (SSSR count). The molecule has 0 bridgehead atoms. The van der Waals surface area contributed by atoms with Crippen molar-refractivity contribution in [3.05, 3.63) is 52.1 Å². The van der Waals surface area contributed by atoms with E-state index in [9.17, 15) is 18.8 Å². The molecule has 1 aromatic heterocycles. The van der Waals surface area contributed by atoms with Gasteiger partial charge in [-0.05, 0) is 43.0 Å². The van der Waals surface area contributed by atoms with Gasteiger partial charge in [-0.2, -0.15) is 0 Å². The number of nitrogens with one attached hydrogen (secondary N) is 2. The molecule has 0 fully saturated rings. The number of anilines is 1. The number of H-pyrrole nitrogens is 1. The lowest BCUT2D eigenvalue weighted by molar-refractivity contribution is -0.136. The molecule has 0 saturated carbocycles. The lowest BCUT2D eigenvalue weighted by Gasteiger charge is -2.09. The monoisotopic (exact) mass is 344 g/mol. The minimum Gasteiger partial charge on any atom is -0.481 e. The van der Waals surface area contributed by atoms with Crippen molar-refractivity contribution < 1.29 is 23.9 Å². The summed E-state index contributed by atoms with van der Waals surface area (Å²) in [4.78, 5) is 38.1. The number of carbonyl (C=O) groups excluding carboxylic acids is 2. The second-order valence-electron chi connectivity index (χ2n) is 6.09. The van der Waals surface area contributed by atoms with Gasteiger partial charge in [0.25, 0.3) is 5.91 Å². The number of carboxylic acid groups (broad SMARTS) is 1. The zero-order valence-electron chi connectivity index (χ0n) is 13.6. The number of aliphatic carboxylic acids is 1. The van der Waals surface area contributed by atoms with E-state index < -0.39 is 24.1 Å². The molecule has 0 aliphatic heterocycles. The Balaban J connectivity index is 1.82. The Bertz CT molecular complexity index is 885. The first-order chi connectivity index (χ1) is 11.9. The van der Waals surface area contributed by atoms with Gasteiger partial charge in [0.2, 0.25) is 0 Å². The lowest BCUT2D eigenvalue weighted by atomic mass is 9.94. The van der Waals surface area contributed by atoms with E-state index >= 15 is 0 Å². The predicted molar refractivity (Wildman–Crippen MR) is 88.5 cm³/mol. The predicted octanol–water partition coefficient (Wildman–Crippen LogP) is 2.86. The molecule has 25 heavy (non-hydrogen) atoms. The van der Waals surface area contributed by atoms with Crippen LogP contribution in [0.1, 0.15) is 50.5 Å². The smallest absolute Gasteiger partial charge is 0.307 e. The van der Waals surface area contributed by atoms with Crippen LogP contribution in [0.4, 0.5) is 10.1 Å². The van der Waals surface area contributed by atoms with Crippen molar-refractivity contribution >= 4 is 23.3 Å². The number of Topliss-reactive ketones (excluding diaryl/α,β-unsaturated/α-hetero) is 1. The summed E-state index contributed by atoms with van der Waals surface area (Å²) in [7, 11) is 0. The first-order valence-electron chi connectivity index (χ1n) is 7.93. The number of halogens is 1. The summed E-state index contributed by atoms with van der Waals surface area (Å²) in [6.45, 7) is 1.71. The van der Waals surface area contributed by atoms with E-state index in [1.807, 2.05) is 0 Å². The summed E-state index contributed by atoms with van der Waals surface area (Å²) in [5, 5.41) is 11.3. The van der Waals surface area contributed by atoms with Gasteiger partial charge in [0.15, 0.2) is 5.78 Å². The van der Waals surface area contributed by atoms with Gasteiger partial charge in [-0.25, -0.2) is 4.39 Å². The zero-order valence-corrected chi connectivity index (χ0v) is 13.6. The van der Waals surface area contributed by atoms with Crippen molar-refractivity contribution in [2.45, 2.75) is 32.6 Å². The topological polar surface area (TPSA) is 99.3 Å². The van der Waals surface area contributed by atoms with Crippen LogP contribution < -0.4 is 5.32 Å². The van der Waals surface area contributed by atoms with Crippen molar-refractivity contribution in [3.8, 4) is 0 Å². The SMILES string of the molecule is Cc1c(C(=O)Nc2ccc(CC(=O)O)c(F)c2)[nH]c2c1C(=O)CCC2. The van der Waals surface area contributed by atoms with Gasteiger partial charge in [0.05, 0.1) is 6.42 Å². The van der Waals surface area contributed by atoms with Gasteiger partial charge < -0.3 is 15.4 Å². The summed E-state index contributed by atoms with van der Waals surface area (Å²) >= 11 is 0. The number of fused-ring (bicyclic) bond motifs is 1. The molecule has 0 saturated heterocycles. The van der Waals surface area contributed by atoms with E-state index in [1.54, 1.807) is 6.92 Å². The standard InChI is InChI=1S/C18H17FN2O4/c1-9-16-13(3-2-4-14(16)22)21-17(9)18(25)20-11-6-5-10(7-15(23)24)12(19)8-11/h5-6,8,21H,2-4,7H2,1H3,(H,20,25)(H,23,24). The highest BCUT2D eigenvalue weighted by Crippen LogP contribution is 2.27. The number of hydrogen-bond acceptors (Lipinski definition) is 3. The number of aryl methyl sites for hydroxylation is 1. The molecular formula is C18H17FN2O4. The van der Waals surface area contributed by atoms with Crippen molar-refractivity contribution in [1.29, 1.82) is 0 Å². The lowest BCUT2D eigenvalue weighted by Crippen LogP contribution is -2.14. The van der Waals surface area contributed by atoms with Crippen LogP contribution in [0.25, 0.3) is 0 Å². The maximum atomic E-state index is 13.9. The number of carboxylic acids is 1. The molecule has 1 aliphatic carbocycles. The summed E-state index contributed by atoms with van der Waals surface area (Å²) in [5.41, 5.74) is 2.49. The Morgan fingerprint density at radius 3 is 2.72 bits per heavy atom. The summed E-state index contributed by atoms with van der Waals surface area (Å²) < 4.78 is 13.9. The normalized spacial score (nSPS) is 13.4. The molecular weight excluding hydrogens is 327 g/mol. The third-order valence-corrected chi connectivity index (χ3v) is 4.32. The third kappa shape index (κ3) is 3.31. The number of carbonyl (C=O) groups is 3. The molecule has 1 aromatic carbocycles. The zero-order chi connectivity index (χ0) is 18.1. The van der Waals surface area contributed by atoms with Gasteiger partial charge in [-0.3, -0.25) is 14.4 Å². The van der Waals surface area contributed by atoms with E-state index in [-0.39, 0.29) is 22.7 Å². The third-order valence-electron chi connectivity index (χ3n) is 4.32. The van der Waals surface area contributed by atoms with Gasteiger partial charge in [0, 0.05) is 23.4 Å². The Kier molecular flexibility index (Phi) is 4.39.